The van der Waals surface area contributed by atoms with Crippen molar-refractivity contribution in [1.82, 2.24) is 40.0 Å². The fourth-order valence-electron chi connectivity index (χ4n) is 4.35. The third-order valence-electron chi connectivity index (χ3n) is 5.99. The maximum absolute atomic E-state index is 12.2. The van der Waals surface area contributed by atoms with Crippen molar-refractivity contribution in [2.75, 3.05) is 26.0 Å². The molecule has 0 aliphatic heterocycles. The van der Waals surface area contributed by atoms with E-state index < -0.39 is 0 Å². The first-order valence-electron chi connectivity index (χ1n) is 11.7. The molecule has 0 radical (unpaired) electrons. The van der Waals surface area contributed by atoms with E-state index in [0.717, 1.165) is 50.1 Å². The second kappa shape index (κ2) is 9.25. The van der Waals surface area contributed by atoms with E-state index in [2.05, 4.69) is 46.5 Å². The van der Waals surface area contributed by atoms with Crippen molar-refractivity contribution in [3.05, 3.63) is 73.6 Å². The molecule has 6 rings (SSSR count). The van der Waals surface area contributed by atoms with Crippen LogP contribution in [0.25, 0.3) is 55.7 Å². The lowest BCUT2D eigenvalue weighted by Crippen LogP contribution is -2.27. The molecular formula is C27H23N9O. The van der Waals surface area contributed by atoms with Crippen LogP contribution >= 0.6 is 0 Å². The number of hydrogen-bond donors (Lipinski definition) is 3. The van der Waals surface area contributed by atoms with E-state index in [0.29, 0.717) is 11.3 Å². The second-order valence-electron chi connectivity index (χ2n) is 8.99. The molecule has 182 valence electrons. The van der Waals surface area contributed by atoms with Gasteiger partial charge >= 0.3 is 0 Å². The molecule has 0 unspecified atom stereocenters. The summed E-state index contributed by atoms with van der Waals surface area (Å²) in [5.74, 6) is -0.104. The fourth-order valence-corrected chi connectivity index (χ4v) is 4.35. The Labute approximate surface area is 211 Å². The van der Waals surface area contributed by atoms with E-state index in [4.69, 9.17) is 0 Å². The van der Waals surface area contributed by atoms with Gasteiger partial charge in [0.2, 0.25) is 5.91 Å². The molecule has 1 amide bonds. The summed E-state index contributed by atoms with van der Waals surface area (Å²) in [6.07, 6.45) is 10.5. The standard InChI is InChI=1S/C27H23N9O/c1-36(2)15-24(37)32-19-8-17(12-29-14-19)18-9-22-25(34-35-27(22)31-13-18)23-10-21-20(5-7-30-26(21)33-23)16-4-3-6-28-11-16/h3-14H,15H2,1-2H3,(H,30,33)(H,32,37)(H,31,34,35). The van der Waals surface area contributed by atoms with Crippen molar-refractivity contribution in [1.29, 1.82) is 0 Å². The highest BCUT2D eigenvalue weighted by atomic mass is 16.2. The molecule has 37 heavy (non-hydrogen) atoms. The number of nitrogens with zero attached hydrogens (tertiary/aromatic N) is 6. The fraction of sp³-hybridized carbons (Fsp3) is 0.111. The number of anilines is 1. The first-order valence-corrected chi connectivity index (χ1v) is 11.7. The molecule has 0 aliphatic carbocycles. The number of pyridine rings is 4. The summed E-state index contributed by atoms with van der Waals surface area (Å²) in [6, 6.07) is 11.9. The molecule has 10 heteroatoms. The van der Waals surface area contributed by atoms with Crippen LogP contribution < -0.4 is 5.32 Å². The molecule has 0 spiro atoms. The van der Waals surface area contributed by atoms with Crippen molar-refractivity contribution in [2.45, 2.75) is 0 Å². The zero-order valence-corrected chi connectivity index (χ0v) is 20.2. The molecule has 10 nitrogen and oxygen atoms in total. The summed E-state index contributed by atoms with van der Waals surface area (Å²) >= 11 is 0. The number of carbonyl (C=O) groups excluding carboxylic acids is 1. The Kier molecular flexibility index (Phi) is 5.62. The first kappa shape index (κ1) is 22.5. The number of aromatic amines is 2. The van der Waals surface area contributed by atoms with Gasteiger partial charge in [-0.05, 0) is 50.0 Å². The van der Waals surface area contributed by atoms with Crippen molar-refractivity contribution in [3.8, 4) is 33.6 Å². The summed E-state index contributed by atoms with van der Waals surface area (Å²) in [6.45, 7) is 0.290. The van der Waals surface area contributed by atoms with Gasteiger partial charge in [-0.3, -0.25) is 19.9 Å². The van der Waals surface area contributed by atoms with E-state index >= 15 is 0 Å². The smallest absolute Gasteiger partial charge is 0.238 e. The topological polar surface area (TPSA) is 128 Å². The average Bonchev–Trinajstić information content (AvgIpc) is 3.52. The predicted molar refractivity (Wildman–Crippen MR) is 143 cm³/mol. The van der Waals surface area contributed by atoms with Gasteiger partial charge in [0.15, 0.2) is 5.65 Å². The molecule has 0 fully saturated rings. The zero-order valence-electron chi connectivity index (χ0n) is 20.2. The molecule has 0 atom stereocenters. The van der Waals surface area contributed by atoms with Crippen molar-refractivity contribution < 1.29 is 4.79 Å². The lowest BCUT2D eigenvalue weighted by Gasteiger charge is -2.10. The maximum Gasteiger partial charge on any atom is 0.238 e. The minimum atomic E-state index is -0.104. The van der Waals surface area contributed by atoms with Crippen molar-refractivity contribution >= 4 is 33.7 Å². The Morgan fingerprint density at radius 3 is 2.59 bits per heavy atom. The molecule has 3 N–H and O–H groups in total. The number of hydrogen-bond acceptors (Lipinski definition) is 7. The highest BCUT2D eigenvalue weighted by molar-refractivity contribution is 6.00. The number of rotatable bonds is 6. The molecule has 0 saturated heterocycles. The van der Waals surface area contributed by atoms with Crippen LogP contribution in [0, 0.1) is 0 Å². The van der Waals surface area contributed by atoms with E-state index in [1.807, 2.05) is 55.5 Å². The minimum absolute atomic E-state index is 0.104. The van der Waals surface area contributed by atoms with Crippen LogP contribution in [-0.4, -0.2) is 66.6 Å². The van der Waals surface area contributed by atoms with Gasteiger partial charge in [0.05, 0.1) is 24.1 Å². The molecular weight excluding hydrogens is 466 g/mol. The second-order valence-corrected chi connectivity index (χ2v) is 8.99. The zero-order chi connectivity index (χ0) is 25.4. The largest absolute Gasteiger partial charge is 0.338 e. The van der Waals surface area contributed by atoms with Crippen LogP contribution in [0.4, 0.5) is 5.69 Å². The maximum atomic E-state index is 12.2. The third kappa shape index (κ3) is 4.41. The first-order chi connectivity index (χ1) is 18.0. The lowest BCUT2D eigenvalue weighted by molar-refractivity contribution is -0.116. The third-order valence-corrected chi connectivity index (χ3v) is 5.99. The van der Waals surface area contributed by atoms with Crippen LogP contribution in [0.2, 0.25) is 0 Å². The molecule has 6 aromatic heterocycles. The van der Waals surface area contributed by atoms with Gasteiger partial charge in [-0.1, -0.05) is 6.07 Å². The van der Waals surface area contributed by atoms with Gasteiger partial charge in [0, 0.05) is 58.4 Å². The van der Waals surface area contributed by atoms with Crippen LogP contribution in [0.15, 0.2) is 73.6 Å². The minimum Gasteiger partial charge on any atom is -0.338 e. The summed E-state index contributed by atoms with van der Waals surface area (Å²) in [5.41, 5.74) is 7.37. The van der Waals surface area contributed by atoms with Gasteiger partial charge in [0.1, 0.15) is 11.3 Å². The molecule has 6 heterocycles. The normalized spacial score (nSPS) is 11.4. The highest BCUT2D eigenvalue weighted by Gasteiger charge is 2.16. The Morgan fingerprint density at radius 1 is 0.892 bits per heavy atom. The quantitative estimate of drug-likeness (QED) is 0.321. The number of amides is 1. The van der Waals surface area contributed by atoms with Crippen LogP contribution in [0.3, 0.4) is 0 Å². The van der Waals surface area contributed by atoms with E-state index in [1.165, 1.54) is 0 Å². The van der Waals surface area contributed by atoms with Crippen LogP contribution in [0.5, 0.6) is 0 Å². The summed E-state index contributed by atoms with van der Waals surface area (Å²) in [5, 5.41) is 12.3. The van der Waals surface area contributed by atoms with Gasteiger partial charge in [-0.2, -0.15) is 5.10 Å². The van der Waals surface area contributed by atoms with Gasteiger partial charge < -0.3 is 15.2 Å². The summed E-state index contributed by atoms with van der Waals surface area (Å²) in [4.78, 5) is 35.0. The Hall–Kier alpha value is -4.96. The van der Waals surface area contributed by atoms with Crippen LogP contribution in [0.1, 0.15) is 0 Å². The number of H-pyrrole nitrogens is 2. The number of carbonyl (C=O) groups is 1. The van der Waals surface area contributed by atoms with E-state index in [9.17, 15) is 4.79 Å². The Balaban J connectivity index is 1.38. The number of fused-ring (bicyclic) bond motifs is 2. The molecule has 0 aliphatic rings. The van der Waals surface area contributed by atoms with Gasteiger partial charge in [-0.15, -0.1) is 0 Å². The lowest BCUT2D eigenvalue weighted by atomic mass is 10.0. The SMILES string of the molecule is CN(C)CC(=O)Nc1cncc(-c2cnc3[nH]nc(-c4cc5c(-c6cccnc6)ccnc5[nH]4)c3c2)c1. The Bertz CT molecular complexity index is 1740. The van der Waals surface area contributed by atoms with Gasteiger partial charge in [-0.25, -0.2) is 9.97 Å². The summed E-state index contributed by atoms with van der Waals surface area (Å²) in [7, 11) is 3.70. The predicted octanol–water partition coefficient (Wildman–Crippen LogP) is 4.13. The average molecular weight is 490 g/mol. The van der Waals surface area contributed by atoms with E-state index in [-0.39, 0.29) is 12.5 Å². The summed E-state index contributed by atoms with van der Waals surface area (Å²) < 4.78 is 0. The molecule has 0 aromatic carbocycles. The van der Waals surface area contributed by atoms with E-state index in [1.54, 1.807) is 31.0 Å². The highest BCUT2D eigenvalue weighted by Crippen LogP contribution is 2.34. The Morgan fingerprint density at radius 2 is 1.76 bits per heavy atom. The van der Waals surface area contributed by atoms with Crippen molar-refractivity contribution in [3.63, 3.8) is 0 Å². The number of likely N-dealkylation sites (N-methyl/N-ethyl adjacent to an activating group) is 1. The monoisotopic (exact) mass is 489 g/mol. The number of nitrogens with one attached hydrogen (secondary N) is 3. The van der Waals surface area contributed by atoms with Gasteiger partial charge in [0.25, 0.3) is 0 Å². The van der Waals surface area contributed by atoms with Crippen LogP contribution in [-0.2, 0) is 4.79 Å². The number of aromatic nitrogens is 7. The molecule has 0 saturated carbocycles. The molecule has 6 aromatic rings. The van der Waals surface area contributed by atoms with Crippen molar-refractivity contribution in [2.24, 2.45) is 0 Å². The molecule has 0 bridgehead atoms.